The lowest BCUT2D eigenvalue weighted by molar-refractivity contribution is 0.301. The average molecular weight is 273 g/mol. The number of aliphatic hydroxyl groups is 1. The molecule has 0 bridgehead atoms. The smallest absolute Gasteiger partial charge is 0.213 e. The number of nitrogens with two attached hydrogens (primary N) is 1. The summed E-state index contributed by atoms with van der Waals surface area (Å²) in [5.41, 5.74) is 8.17. The maximum Gasteiger partial charge on any atom is 0.213 e. The third-order valence-electron chi connectivity index (χ3n) is 2.40. The van der Waals surface area contributed by atoms with Crippen molar-refractivity contribution in [3.05, 3.63) is 23.8 Å². The predicted molar refractivity (Wildman–Crippen MR) is 73.0 cm³/mol. The summed E-state index contributed by atoms with van der Waals surface area (Å²) in [7, 11) is -3.33. The number of benzene rings is 1. The van der Waals surface area contributed by atoms with Gasteiger partial charge in [0.05, 0.1) is 12.4 Å². The molecule has 1 aromatic rings. The zero-order chi connectivity index (χ0) is 13.6. The van der Waals surface area contributed by atoms with Crippen molar-refractivity contribution in [2.45, 2.75) is 6.92 Å². The fourth-order valence-corrected chi connectivity index (χ4v) is 2.31. The van der Waals surface area contributed by atoms with Crippen LogP contribution < -0.4 is 15.8 Å². The first kappa shape index (κ1) is 14.7. The molecule has 0 atom stereocenters. The van der Waals surface area contributed by atoms with E-state index < -0.39 is 10.0 Å². The van der Waals surface area contributed by atoms with Crippen LogP contribution in [0.3, 0.4) is 0 Å². The SMILES string of the molecule is Cc1cc(NCCS(=O)(=O)NCCO)ccc1N. The molecule has 0 saturated heterocycles. The Hall–Kier alpha value is -1.31. The maximum atomic E-state index is 11.4. The molecule has 0 aliphatic heterocycles. The van der Waals surface area contributed by atoms with Crippen molar-refractivity contribution in [2.75, 3.05) is 36.5 Å². The molecule has 7 heteroatoms. The van der Waals surface area contributed by atoms with Gasteiger partial charge in [-0.1, -0.05) is 0 Å². The number of anilines is 2. The van der Waals surface area contributed by atoms with Crippen molar-refractivity contribution in [1.29, 1.82) is 0 Å². The minimum Gasteiger partial charge on any atom is -0.399 e. The van der Waals surface area contributed by atoms with E-state index in [4.69, 9.17) is 10.8 Å². The van der Waals surface area contributed by atoms with Gasteiger partial charge >= 0.3 is 0 Å². The van der Waals surface area contributed by atoms with Crippen molar-refractivity contribution in [3.8, 4) is 0 Å². The maximum absolute atomic E-state index is 11.4. The van der Waals surface area contributed by atoms with Crippen LogP contribution >= 0.6 is 0 Å². The molecule has 0 heterocycles. The zero-order valence-corrected chi connectivity index (χ0v) is 11.1. The molecule has 0 radical (unpaired) electrons. The number of hydrogen-bond donors (Lipinski definition) is 4. The first-order valence-corrected chi connectivity index (χ1v) is 7.28. The second-order valence-electron chi connectivity index (χ2n) is 3.93. The standard InChI is InChI=1S/C11H19N3O3S/c1-9-8-10(2-3-11(9)12)13-5-7-18(16,17)14-4-6-15/h2-3,8,13-15H,4-7,12H2,1H3. The van der Waals surface area contributed by atoms with Crippen LogP contribution in [0.4, 0.5) is 11.4 Å². The number of nitrogens with one attached hydrogen (secondary N) is 2. The highest BCUT2D eigenvalue weighted by Crippen LogP contribution is 2.16. The molecule has 18 heavy (non-hydrogen) atoms. The van der Waals surface area contributed by atoms with Crippen LogP contribution in [0.1, 0.15) is 5.56 Å². The molecule has 1 rings (SSSR count). The van der Waals surface area contributed by atoms with Crippen LogP contribution in [0.5, 0.6) is 0 Å². The van der Waals surface area contributed by atoms with Crippen LogP contribution in [0.25, 0.3) is 0 Å². The highest BCUT2D eigenvalue weighted by molar-refractivity contribution is 7.89. The zero-order valence-electron chi connectivity index (χ0n) is 10.3. The molecule has 0 aliphatic carbocycles. The highest BCUT2D eigenvalue weighted by atomic mass is 32.2. The van der Waals surface area contributed by atoms with Crippen molar-refractivity contribution < 1.29 is 13.5 Å². The predicted octanol–water partition coefficient (Wildman–Crippen LogP) is -0.0992. The van der Waals surface area contributed by atoms with Gasteiger partial charge in [-0.2, -0.15) is 0 Å². The summed E-state index contributed by atoms with van der Waals surface area (Å²) in [6.45, 7) is 2.03. The quantitative estimate of drug-likeness (QED) is 0.519. The van der Waals surface area contributed by atoms with Crippen molar-refractivity contribution in [2.24, 2.45) is 0 Å². The fourth-order valence-electron chi connectivity index (χ4n) is 1.39. The van der Waals surface area contributed by atoms with E-state index in [0.717, 1.165) is 11.3 Å². The largest absolute Gasteiger partial charge is 0.399 e. The summed E-state index contributed by atoms with van der Waals surface area (Å²) in [5, 5.41) is 11.5. The Morgan fingerprint density at radius 2 is 2.06 bits per heavy atom. The van der Waals surface area contributed by atoms with Crippen molar-refractivity contribution >= 4 is 21.4 Å². The molecule has 6 nitrogen and oxygen atoms in total. The summed E-state index contributed by atoms with van der Waals surface area (Å²) in [6.07, 6.45) is 0. The van der Waals surface area contributed by atoms with Gasteiger partial charge in [0.2, 0.25) is 10.0 Å². The third kappa shape index (κ3) is 4.91. The van der Waals surface area contributed by atoms with Crippen molar-refractivity contribution in [1.82, 2.24) is 4.72 Å². The molecule has 102 valence electrons. The lowest BCUT2D eigenvalue weighted by Crippen LogP contribution is -2.31. The topological polar surface area (TPSA) is 104 Å². The van der Waals surface area contributed by atoms with Gasteiger partial charge in [-0.15, -0.1) is 0 Å². The first-order valence-electron chi connectivity index (χ1n) is 5.63. The monoisotopic (exact) mass is 273 g/mol. The van der Waals surface area contributed by atoms with Gasteiger partial charge < -0.3 is 16.2 Å². The Balaban J connectivity index is 2.44. The average Bonchev–Trinajstić information content (AvgIpc) is 2.31. The summed E-state index contributed by atoms with van der Waals surface area (Å²) >= 11 is 0. The molecule has 0 fully saturated rings. The number of rotatable bonds is 7. The van der Waals surface area contributed by atoms with E-state index in [1.807, 2.05) is 13.0 Å². The van der Waals surface area contributed by atoms with Crippen molar-refractivity contribution in [3.63, 3.8) is 0 Å². The number of aliphatic hydroxyl groups excluding tert-OH is 1. The molecule has 0 aliphatic rings. The molecule has 5 N–H and O–H groups in total. The number of hydrogen-bond acceptors (Lipinski definition) is 5. The van der Waals surface area contributed by atoms with Gasteiger partial charge in [0.1, 0.15) is 0 Å². The van der Waals surface area contributed by atoms with E-state index >= 15 is 0 Å². The van der Waals surface area contributed by atoms with E-state index in [9.17, 15) is 8.42 Å². The Morgan fingerprint density at radius 1 is 1.33 bits per heavy atom. The van der Waals surface area contributed by atoms with Gasteiger partial charge in [0.15, 0.2) is 0 Å². The summed E-state index contributed by atoms with van der Waals surface area (Å²) < 4.78 is 25.1. The molecular weight excluding hydrogens is 254 g/mol. The highest BCUT2D eigenvalue weighted by Gasteiger charge is 2.08. The van der Waals surface area contributed by atoms with Gasteiger partial charge in [0, 0.05) is 24.5 Å². The lowest BCUT2D eigenvalue weighted by Gasteiger charge is -2.09. The second kappa shape index (κ2) is 6.58. The van der Waals surface area contributed by atoms with Gasteiger partial charge in [-0.05, 0) is 30.7 Å². The molecule has 0 spiro atoms. The minimum absolute atomic E-state index is 0.0450. The molecule has 0 amide bonds. The Morgan fingerprint density at radius 3 is 2.67 bits per heavy atom. The Kier molecular flexibility index (Phi) is 5.39. The van der Waals surface area contributed by atoms with E-state index in [0.29, 0.717) is 12.2 Å². The van der Waals surface area contributed by atoms with E-state index in [2.05, 4.69) is 10.0 Å². The third-order valence-corrected chi connectivity index (χ3v) is 3.79. The fraction of sp³-hybridized carbons (Fsp3) is 0.455. The lowest BCUT2D eigenvalue weighted by atomic mass is 10.2. The normalized spacial score (nSPS) is 11.4. The van der Waals surface area contributed by atoms with Crippen LogP contribution in [-0.4, -0.2) is 39.0 Å². The van der Waals surface area contributed by atoms with Crippen LogP contribution in [0, 0.1) is 6.92 Å². The molecule has 0 saturated carbocycles. The van der Waals surface area contributed by atoms with E-state index in [1.165, 1.54) is 0 Å². The van der Waals surface area contributed by atoms with Gasteiger partial charge in [0.25, 0.3) is 0 Å². The van der Waals surface area contributed by atoms with Crippen LogP contribution in [0.15, 0.2) is 18.2 Å². The second-order valence-corrected chi connectivity index (χ2v) is 5.86. The summed E-state index contributed by atoms with van der Waals surface area (Å²) in [4.78, 5) is 0. The van der Waals surface area contributed by atoms with Crippen LogP contribution in [0.2, 0.25) is 0 Å². The minimum atomic E-state index is -3.33. The summed E-state index contributed by atoms with van der Waals surface area (Å²) in [5.74, 6) is -0.0452. The van der Waals surface area contributed by atoms with Gasteiger partial charge in [-0.25, -0.2) is 13.1 Å². The first-order chi connectivity index (χ1) is 8.44. The van der Waals surface area contributed by atoms with E-state index in [-0.39, 0.29) is 18.9 Å². The Labute approximate surface area is 107 Å². The molecule has 0 unspecified atom stereocenters. The molecular formula is C11H19N3O3S. The molecule has 0 aromatic heterocycles. The number of aryl methyl sites for hydroxylation is 1. The number of nitrogen functional groups attached to an aromatic ring is 1. The van der Waals surface area contributed by atoms with E-state index in [1.54, 1.807) is 12.1 Å². The van der Waals surface area contributed by atoms with Gasteiger partial charge in [-0.3, -0.25) is 0 Å². The number of sulfonamides is 1. The summed E-state index contributed by atoms with van der Waals surface area (Å²) in [6, 6.07) is 5.44. The molecule has 1 aromatic carbocycles. The Bertz CT molecular complexity index is 488. The van der Waals surface area contributed by atoms with Crippen LogP contribution in [-0.2, 0) is 10.0 Å².